The first kappa shape index (κ1) is 29.3. The summed E-state index contributed by atoms with van der Waals surface area (Å²) in [6.07, 6.45) is 7.62. The first-order valence-electron chi connectivity index (χ1n) is 15.2. The van der Waals surface area contributed by atoms with Gasteiger partial charge in [-0.05, 0) is 67.8 Å². The molecule has 0 saturated carbocycles. The molecule has 2 aromatic carbocycles. The van der Waals surface area contributed by atoms with E-state index < -0.39 is 6.10 Å². The minimum Gasteiger partial charge on any atom is -0.391 e. The number of benzene rings is 2. The first-order valence-corrected chi connectivity index (χ1v) is 15.2. The number of carbonyl (C=O) groups excluding carboxylic acids is 1. The molecule has 2 atom stereocenters. The molecule has 11 heteroatoms. The quantitative estimate of drug-likeness (QED) is 0.147. The van der Waals surface area contributed by atoms with E-state index in [0.29, 0.717) is 31.5 Å². The summed E-state index contributed by atoms with van der Waals surface area (Å²) in [5.74, 6) is 1.32. The van der Waals surface area contributed by atoms with Crippen LogP contribution in [0.5, 0.6) is 0 Å². The van der Waals surface area contributed by atoms with Crippen LogP contribution in [0.25, 0.3) is 22.2 Å². The number of amides is 1. The molecule has 1 aliphatic rings. The molecule has 6 rings (SSSR count). The van der Waals surface area contributed by atoms with Crippen molar-refractivity contribution < 1.29 is 9.90 Å². The maximum Gasteiger partial charge on any atom is 0.248 e. The number of aromatic nitrogens is 5. The Hall–Kier alpha value is -4.74. The number of nitrogens with zero attached hydrogens (tertiary/aromatic N) is 5. The Balaban J connectivity index is 1.27. The van der Waals surface area contributed by atoms with Crippen LogP contribution in [-0.2, 0) is 11.3 Å². The van der Waals surface area contributed by atoms with Gasteiger partial charge in [0.15, 0.2) is 5.65 Å². The molecule has 0 radical (unpaired) electrons. The van der Waals surface area contributed by atoms with Gasteiger partial charge >= 0.3 is 0 Å². The van der Waals surface area contributed by atoms with Crippen LogP contribution in [-0.4, -0.2) is 60.9 Å². The van der Waals surface area contributed by atoms with Gasteiger partial charge in [0.1, 0.15) is 0 Å². The number of allylic oxidation sites excluding steroid dienone is 1. The zero-order valence-corrected chi connectivity index (χ0v) is 25.3. The lowest BCUT2D eigenvalue weighted by molar-refractivity contribution is -0.111. The van der Waals surface area contributed by atoms with Gasteiger partial charge in [-0.15, -0.1) is 0 Å². The lowest BCUT2D eigenvalue weighted by Crippen LogP contribution is -2.43. The monoisotopic (exact) mass is 593 g/mol. The number of carbonyl (C=O) groups is 1. The molecule has 0 spiro atoms. The number of piperidine rings is 1. The van der Waals surface area contributed by atoms with Crippen LogP contribution in [0.1, 0.15) is 44.2 Å². The van der Waals surface area contributed by atoms with Gasteiger partial charge in [-0.1, -0.05) is 38.1 Å². The van der Waals surface area contributed by atoms with Gasteiger partial charge in [0.25, 0.3) is 0 Å². The average molecular weight is 594 g/mol. The molecule has 44 heavy (non-hydrogen) atoms. The van der Waals surface area contributed by atoms with Crippen LogP contribution >= 0.6 is 0 Å². The van der Waals surface area contributed by atoms with Crippen LogP contribution in [0.15, 0.2) is 73.1 Å². The molecule has 5 aromatic rings. The summed E-state index contributed by atoms with van der Waals surface area (Å²) in [7, 11) is 0. The standard InChI is InChI=1S/C33H39N9O2/c1-4-7-30(44)38-25-10-11-28-22(16-25)13-15-41(28)27-9-6-5-8-23(27)17-36-33-40-32(35-18-24-12-14-34-20-29(24)43)39-31-26(21(2)3)19-37-42(31)33/h4-11,13,15-16,19,21,24,29,34,43H,12,14,17-18,20H2,1-3H3,(H,38,44)(H2,35,36,39,40)/b7-4+/t24-,29+/m1/s1. The van der Waals surface area contributed by atoms with Gasteiger partial charge in [0.05, 0.1) is 23.5 Å². The van der Waals surface area contributed by atoms with E-state index in [1.54, 1.807) is 10.6 Å². The first-order chi connectivity index (χ1) is 21.4. The maximum absolute atomic E-state index is 12.0. The highest BCUT2D eigenvalue weighted by atomic mass is 16.3. The fourth-order valence-electron chi connectivity index (χ4n) is 5.69. The Kier molecular flexibility index (Phi) is 8.58. The molecule has 0 aliphatic carbocycles. The number of aliphatic hydroxyl groups is 1. The van der Waals surface area contributed by atoms with Crippen molar-refractivity contribution in [3.63, 3.8) is 0 Å². The molecular weight excluding hydrogens is 554 g/mol. The minimum absolute atomic E-state index is 0.130. The van der Waals surface area contributed by atoms with Gasteiger partial charge in [0, 0.05) is 48.4 Å². The zero-order valence-electron chi connectivity index (χ0n) is 25.3. The van der Waals surface area contributed by atoms with E-state index in [2.05, 4.69) is 56.9 Å². The predicted molar refractivity (Wildman–Crippen MR) is 174 cm³/mol. The van der Waals surface area contributed by atoms with E-state index >= 15 is 0 Å². The van der Waals surface area contributed by atoms with E-state index in [-0.39, 0.29) is 17.7 Å². The van der Waals surface area contributed by atoms with Gasteiger partial charge in [-0.25, -0.2) is 0 Å². The van der Waals surface area contributed by atoms with Crippen molar-refractivity contribution in [2.24, 2.45) is 5.92 Å². The molecule has 1 aliphatic heterocycles. The number of hydrogen-bond donors (Lipinski definition) is 5. The lowest BCUT2D eigenvalue weighted by atomic mass is 9.95. The maximum atomic E-state index is 12.0. The summed E-state index contributed by atoms with van der Waals surface area (Å²) < 4.78 is 3.92. The topological polar surface area (TPSA) is 133 Å². The van der Waals surface area contributed by atoms with Crippen molar-refractivity contribution in [3.05, 3.63) is 84.2 Å². The van der Waals surface area contributed by atoms with Crippen molar-refractivity contribution in [1.82, 2.24) is 29.5 Å². The van der Waals surface area contributed by atoms with Crippen LogP contribution in [0.4, 0.5) is 17.6 Å². The van der Waals surface area contributed by atoms with E-state index in [1.807, 2.05) is 55.7 Å². The van der Waals surface area contributed by atoms with Gasteiger partial charge in [0.2, 0.25) is 17.8 Å². The van der Waals surface area contributed by atoms with Crippen molar-refractivity contribution in [2.45, 2.75) is 45.8 Å². The number of hydrogen-bond acceptors (Lipinski definition) is 8. The zero-order chi connectivity index (χ0) is 30.6. The molecule has 1 fully saturated rings. The molecule has 5 N–H and O–H groups in total. The summed E-state index contributed by atoms with van der Waals surface area (Å²) in [5.41, 5.74) is 5.69. The van der Waals surface area contributed by atoms with Crippen molar-refractivity contribution in [1.29, 1.82) is 0 Å². The Bertz CT molecular complexity index is 1810. The number of rotatable bonds is 10. The number of fused-ring (bicyclic) bond motifs is 2. The summed E-state index contributed by atoms with van der Waals surface area (Å²) in [4.78, 5) is 21.7. The molecule has 4 heterocycles. The SMILES string of the molecule is C/C=C/C(=O)Nc1ccc2c(ccn2-c2ccccc2CNc2nc(NC[C@H]3CCNC[C@@H]3O)nc3c(C(C)C)cnn23)c1. The van der Waals surface area contributed by atoms with E-state index in [9.17, 15) is 9.90 Å². The minimum atomic E-state index is -0.399. The summed E-state index contributed by atoms with van der Waals surface area (Å²) >= 11 is 0. The van der Waals surface area contributed by atoms with Crippen molar-refractivity contribution >= 4 is 40.0 Å². The second-order valence-corrected chi connectivity index (χ2v) is 11.5. The fourth-order valence-corrected chi connectivity index (χ4v) is 5.69. The number of nitrogens with one attached hydrogen (secondary N) is 4. The number of para-hydroxylation sites is 1. The largest absolute Gasteiger partial charge is 0.391 e. The van der Waals surface area contributed by atoms with E-state index in [1.165, 1.54) is 6.08 Å². The van der Waals surface area contributed by atoms with Gasteiger partial charge in [-0.3, -0.25) is 4.79 Å². The molecule has 1 amide bonds. The lowest BCUT2D eigenvalue weighted by Gasteiger charge is -2.28. The normalized spacial score (nSPS) is 17.1. The van der Waals surface area contributed by atoms with Gasteiger partial charge in [-0.2, -0.15) is 19.6 Å². The molecule has 1 saturated heterocycles. The Morgan fingerprint density at radius 3 is 2.84 bits per heavy atom. The predicted octanol–water partition coefficient (Wildman–Crippen LogP) is 4.70. The highest BCUT2D eigenvalue weighted by Gasteiger charge is 2.23. The van der Waals surface area contributed by atoms with Crippen LogP contribution in [0.2, 0.25) is 0 Å². The summed E-state index contributed by atoms with van der Waals surface area (Å²) in [6.45, 7) is 8.66. The van der Waals surface area contributed by atoms with E-state index in [0.717, 1.165) is 52.0 Å². The molecule has 228 valence electrons. The van der Waals surface area contributed by atoms with Crippen molar-refractivity contribution in [3.8, 4) is 5.69 Å². The number of aliphatic hydroxyl groups excluding tert-OH is 1. The highest BCUT2D eigenvalue weighted by molar-refractivity contribution is 6.00. The molecule has 3 aromatic heterocycles. The fraction of sp³-hybridized carbons (Fsp3) is 0.333. The third-order valence-electron chi connectivity index (χ3n) is 8.09. The molecular formula is C33H39N9O2. The molecule has 11 nitrogen and oxygen atoms in total. The molecule has 0 bridgehead atoms. The summed E-state index contributed by atoms with van der Waals surface area (Å²) in [5, 5.41) is 29.1. The Morgan fingerprint density at radius 1 is 1.16 bits per heavy atom. The van der Waals surface area contributed by atoms with Crippen LogP contribution in [0, 0.1) is 5.92 Å². The van der Waals surface area contributed by atoms with Crippen molar-refractivity contribution in [2.75, 3.05) is 35.6 Å². The van der Waals surface area contributed by atoms with Gasteiger partial charge < -0.3 is 30.9 Å². The Labute approximate surface area is 256 Å². The molecule has 0 unspecified atom stereocenters. The van der Waals surface area contributed by atoms with Crippen LogP contribution in [0.3, 0.4) is 0 Å². The Morgan fingerprint density at radius 2 is 2.02 bits per heavy atom. The highest BCUT2D eigenvalue weighted by Crippen LogP contribution is 2.27. The second kappa shape index (κ2) is 12.9. The van der Waals surface area contributed by atoms with E-state index in [4.69, 9.17) is 9.97 Å². The number of anilines is 3. The second-order valence-electron chi connectivity index (χ2n) is 11.5. The number of β-amino-alcohol motifs (C(OH)–C–C–N with tert-alkyl or cyclic N) is 1. The smallest absolute Gasteiger partial charge is 0.248 e. The third kappa shape index (κ3) is 6.15. The average Bonchev–Trinajstić information content (AvgIpc) is 3.64. The summed E-state index contributed by atoms with van der Waals surface area (Å²) in [6, 6.07) is 16.2. The van der Waals surface area contributed by atoms with Crippen LogP contribution < -0.4 is 21.3 Å². The third-order valence-corrected chi connectivity index (χ3v) is 8.09.